The monoisotopic (exact) mass is 334 g/mol. The van der Waals surface area contributed by atoms with Crippen LogP contribution in [0.5, 0.6) is 0 Å². The Balaban J connectivity index is 2.31. The number of aromatic carboxylic acids is 1. The SMILES string of the molecule is CCC(C)CCCCCCC(C)OC(=O)c1ccccc1C(=O)O. The summed E-state index contributed by atoms with van der Waals surface area (Å²) < 4.78 is 5.39. The average Bonchev–Trinajstić information content (AvgIpc) is 2.57. The minimum atomic E-state index is -1.11. The van der Waals surface area contributed by atoms with Gasteiger partial charge in [-0.2, -0.15) is 0 Å². The van der Waals surface area contributed by atoms with Crippen LogP contribution in [-0.4, -0.2) is 23.1 Å². The highest BCUT2D eigenvalue weighted by Crippen LogP contribution is 2.16. The van der Waals surface area contributed by atoms with Gasteiger partial charge >= 0.3 is 11.9 Å². The van der Waals surface area contributed by atoms with E-state index in [1.54, 1.807) is 12.1 Å². The molecule has 24 heavy (non-hydrogen) atoms. The molecule has 1 aromatic rings. The molecule has 0 saturated carbocycles. The molecule has 0 radical (unpaired) electrons. The molecule has 0 heterocycles. The van der Waals surface area contributed by atoms with Crippen LogP contribution in [0.1, 0.15) is 86.4 Å². The van der Waals surface area contributed by atoms with Crippen LogP contribution in [0.2, 0.25) is 0 Å². The first-order valence-corrected chi connectivity index (χ1v) is 8.99. The van der Waals surface area contributed by atoms with Crippen LogP contribution < -0.4 is 0 Å². The second kappa shape index (κ2) is 10.8. The summed E-state index contributed by atoms with van der Waals surface area (Å²) in [7, 11) is 0. The highest BCUT2D eigenvalue weighted by atomic mass is 16.5. The summed E-state index contributed by atoms with van der Waals surface area (Å²) in [4.78, 5) is 23.3. The van der Waals surface area contributed by atoms with Crippen LogP contribution in [0.25, 0.3) is 0 Å². The summed E-state index contributed by atoms with van der Waals surface area (Å²) in [6.07, 6.45) is 7.78. The molecule has 4 heteroatoms. The second-order valence-corrected chi connectivity index (χ2v) is 6.57. The summed E-state index contributed by atoms with van der Waals surface area (Å²) in [5.41, 5.74) is 0.102. The summed E-state index contributed by atoms with van der Waals surface area (Å²) >= 11 is 0. The Bertz CT molecular complexity index is 524. The quantitative estimate of drug-likeness (QED) is 0.439. The molecular weight excluding hydrogens is 304 g/mol. The third-order valence-electron chi connectivity index (χ3n) is 4.44. The highest BCUT2D eigenvalue weighted by molar-refractivity contribution is 6.02. The normalized spacial score (nSPS) is 13.3. The van der Waals surface area contributed by atoms with Crippen LogP contribution in [0.4, 0.5) is 0 Å². The average molecular weight is 334 g/mol. The minimum Gasteiger partial charge on any atom is -0.478 e. The van der Waals surface area contributed by atoms with Crippen LogP contribution >= 0.6 is 0 Å². The van der Waals surface area contributed by atoms with Crippen molar-refractivity contribution in [1.82, 2.24) is 0 Å². The Morgan fingerprint density at radius 1 is 1.00 bits per heavy atom. The van der Waals surface area contributed by atoms with Gasteiger partial charge in [0.25, 0.3) is 0 Å². The Kier molecular flexibility index (Phi) is 9.13. The van der Waals surface area contributed by atoms with E-state index in [1.807, 2.05) is 6.92 Å². The number of carbonyl (C=O) groups is 2. The number of hydrogen-bond acceptors (Lipinski definition) is 3. The number of benzene rings is 1. The Morgan fingerprint density at radius 3 is 2.17 bits per heavy atom. The fraction of sp³-hybridized carbons (Fsp3) is 0.600. The first kappa shape index (κ1) is 20.2. The van der Waals surface area contributed by atoms with E-state index in [0.29, 0.717) is 0 Å². The van der Waals surface area contributed by atoms with E-state index in [4.69, 9.17) is 9.84 Å². The molecule has 4 nitrogen and oxygen atoms in total. The van der Waals surface area contributed by atoms with Crippen molar-refractivity contribution in [3.05, 3.63) is 35.4 Å². The molecule has 0 bridgehead atoms. The van der Waals surface area contributed by atoms with Crippen molar-refractivity contribution >= 4 is 11.9 Å². The standard InChI is InChI=1S/C20H30O4/c1-4-15(2)11-7-5-6-8-12-16(3)24-20(23)18-14-10-9-13-17(18)19(21)22/h9-10,13-16H,4-8,11-12H2,1-3H3,(H,21,22). The third kappa shape index (κ3) is 7.16. The molecule has 0 aliphatic heterocycles. The largest absolute Gasteiger partial charge is 0.478 e. The van der Waals surface area contributed by atoms with Gasteiger partial charge in [0, 0.05) is 0 Å². The molecule has 0 spiro atoms. The van der Waals surface area contributed by atoms with Crippen molar-refractivity contribution in [2.24, 2.45) is 5.92 Å². The molecule has 0 saturated heterocycles. The van der Waals surface area contributed by atoms with E-state index in [2.05, 4.69) is 13.8 Å². The predicted molar refractivity (Wildman–Crippen MR) is 95.4 cm³/mol. The number of carboxylic acids is 1. The van der Waals surface area contributed by atoms with Gasteiger partial charge in [0.15, 0.2) is 0 Å². The number of carbonyl (C=O) groups excluding carboxylic acids is 1. The second-order valence-electron chi connectivity index (χ2n) is 6.57. The van der Waals surface area contributed by atoms with E-state index >= 15 is 0 Å². The lowest BCUT2D eigenvalue weighted by Crippen LogP contribution is -2.17. The van der Waals surface area contributed by atoms with Crippen LogP contribution in [0.15, 0.2) is 24.3 Å². The van der Waals surface area contributed by atoms with Crippen LogP contribution in [-0.2, 0) is 4.74 Å². The van der Waals surface area contributed by atoms with E-state index in [0.717, 1.165) is 25.2 Å². The van der Waals surface area contributed by atoms with Crippen molar-refractivity contribution in [1.29, 1.82) is 0 Å². The zero-order valence-corrected chi connectivity index (χ0v) is 15.1. The van der Waals surface area contributed by atoms with Gasteiger partial charge in [-0.25, -0.2) is 9.59 Å². The molecule has 0 aliphatic rings. The molecule has 0 aliphatic carbocycles. The van der Waals surface area contributed by atoms with Gasteiger partial charge in [0.05, 0.1) is 17.2 Å². The van der Waals surface area contributed by atoms with Crippen molar-refractivity contribution in [2.45, 2.75) is 71.8 Å². The van der Waals surface area contributed by atoms with Crippen molar-refractivity contribution < 1.29 is 19.4 Å². The maximum absolute atomic E-state index is 12.1. The Labute approximate surface area is 145 Å². The molecule has 2 atom stereocenters. The van der Waals surface area contributed by atoms with E-state index < -0.39 is 11.9 Å². The lowest BCUT2D eigenvalue weighted by Gasteiger charge is -2.14. The summed E-state index contributed by atoms with van der Waals surface area (Å²) in [6.45, 7) is 6.38. The molecule has 1 rings (SSSR count). The van der Waals surface area contributed by atoms with Gasteiger partial charge in [0.2, 0.25) is 0 Å². The Morgan fingerprint density at radius 2 is 1.58 bits per heavy atom. The maximum atomic E-state index is 12.1. The lowest BCUT2D eigenvalue weighted by atomic mass is 10.00. The first-order chi connectivity index (χ1) is 11.5. The molecule has 1 N–H and O–H groups in total. The molecule has 1 aromatic carbocycles. The molecule has 134 valence electrons. The van der Waals surface area contributed by atoms with Gasteiger partial charge < -0.3 is 9.84 Å². The van der Waals surface area contributed by atoms with E-state index in [-0.39, 0.29) is 17.2 Å². The molecule has 0 aromatic heterocycles. The number of rotatable bonds is 11. The Hall–Kier alpha value is -1.84. The fourth-order valence-electron chi connectivity index (χ4n) is 2.64. The number of ether oxygens (including phenoxy) is 1. The smallest absolute Gasteiger partial charge is 0.339 e. The summed E-state index contributed by atoms with van der Waals surface area (Å²) in [5, 5.41) is 9.12. The van der Waals surface area contributed by atoms with Crippen LogP contribution in [0, 0.1) is 5.92 Å². The molecular formula is C20H30O4. The zero-order valence-electron chi connectivity index (χ0n) is 15.1. The van der Waals surface area contributed by atoms with Crippen molar-refractivity contribution in [3.63, 3.8) is 0 Å². The van der Waals surface area contributed by atoms with Crippen molar-refractivity contribution in [2.75, 3.05) is 0 Å². The predicted octanol–water partition coefficient (Wildman–Crippen LogP) is 5.32. The fourth-order valence-corrected chi connectivity index (χ4v) is 2.64. The number of unbranched alkanes of at least 4 members (excludes halogenated alkanes) is 3. The van der Waals surface area contributed by atoms with E-state index in [9.17, 15) is 9.59 Å². The van der Waals surface area contributed by atoms with Gasteiger partial charge in [-0.15, -0.1) is 0 Å². The summed E-state index contributed by atoms with van der Waals surface area (Å²) in [5.74, 6) is -0.868. The molecule has 2 unspecified atom stereocenters. The molecule has 0 amide bonds. The number of hydrogen-bond donors (Lipinski definition) is 1. The summed E-state index contributed by atoms with van der Waals surface area (Å²) in [6, 6.07) is 6.16. The zero-order chi connectivity index (χ0) is 17.9. The van der Waals surface area contributed by atoms with Crippen LogP contribution in [0.3, 0.4) is 0 Å². The highest BCUT2D eigenvalue weighted by Gasteiger charge is 2.18. The van der Waals surface area contributed by atoms with Crippen molar-refractivity contribution in [3.8, 4) is 0 Å². The van der Waals surface area contributed by atoms with E-state index in [1.165, 1.54) is 37.8 Å². The van der Waals surface area contributed by atoms with Gasteiger partial charge in [-0.1, -0.05) is 58.1 Å². The minimum absolute atomic E-state index is 0.0141. The lowest BCUT2D eigenvalue weighted by molar-refractivity contribution is 0.0313. The third-order valence-corrected chi connectivity index (χ3v) is 4.44. The van der Waals surface area contributed by atoms with Gasteiger partial charge in [-0.3, -0.25) is 0 Å². The topological polar surface area (TPSA) is 63.6 Å². The number of carboxylic acid groups (broad SMARTS) is 1. The molecule has 0 fully saturated rings. The van der Waals surface area contributed by atoms with Gasteiger partial charge in [0.1, 0.15) is 0 Å². The van der Waals surface area contributed by atoms with Gasteiger partial charge in [-0.05, 0) is 37.8 Å². The maximum Gasteiger partial charge on any atom is 0.339 e. The number of esters is 1. The first-order valence-electron chi connectivity index (χ1n) is 8.99.